The van der Waals surface area contributed by atoms with Gasteiger partial charge in [0.25, 0.3) is 0 Å². The van der Waals surface area contributed by atoms with E-state index in [1.165, 1.54) is 27.8 Å². The minimum Gasteiger partial charge on any atom is -0.490 e. The summed E-state index contributed by atoms with van der Waals surface area (Å²) in [7, 11) is 0. The first-order valence-electron chi connectivity index (χ1n) is 10.4. The Labute approximate surface area is 177 Å². The van der Waals surface area contributed by atoms with Crippen LogP contribution in [0, 0.1) is 0 Å². The van der Waals surface area contributed by atoms with Crippen molar-refractivity contribution in [1.82, 2.24) is 0 Å². The lowest BCUT2D eigenvalue weighted by Crippen LogP contribution is -2.13. The maximum absolute atomic E-state index is 9.88. The van der Waals surface area contributed by atoms with Crippen molar-refractivity contribution in [3.8, 4) is 39.1 Å². The molecule has 0 fully saturated rings. The number of ether oxygens (including phenoxy) is 1. The van der Waals surface area contributed by atoms with E-state index < -0.39 is 6.10 Å². The van der Waals surface area contributed by atoms with Crippen molar-refractivity contribution in [3.63, 3.8) is 0 Å². The van der Waals surface area contributed by atoms with Crippen LogP contribution >= 0.6 is 0 Å². The SMILES string of the molecule is CC(O)COc1c(-c2ccccc2)cccc1-c1cccc2c1Cc1ccccc1-2. The number of aliphatic hydroxyl groups is 1. The topological polar surface area (TPSA) is 29.5 Å². The standard InChI is InChI=1S/C28H24O2/c1-19(29)18-30-28-23(20-9-3-2-4-10-20)13-7-16-26(28)25-15-8-14-24-22-12-6-5-11-21(22)17-27(24)25/h2-16,19,29H,17-18H2,1H3. The van der Waals surface area contributed by atoms with Crippen LogP contribution in [0.1, 0.15) is 18.1 Å². The molecule has 0 aromatic heterocycles. The maximum Gasteiger partial charge on any atom is 0.135 e. The van der Waals surface area contributed by atoms with Gasteiger partial charge in [-0.2, -0.15) is 0 Å². The summed E-state index contributed by atoms with van der Waals surface area (Å²) in [6, 6.07) is 31.8. The Kier molecular flexibility index (Phi) is 4.86. The molecule has 148 valence electrons. The van der Waals surface area contributed by atoms with Crippen molar-refractivity contribution < 1.29 is 9.84 Å². The summed E-state index contributed by atoms with van der Waals surface area (Å²) < 4.78 is 6.23. The molecule has 0 amide bonds. The molecule has 0 bridgehead atoms. The van der Waals surface area contributed by atoms with Crippen molar-refractivity contribution in [2.75, 3.05) is 6.61 Å². The van der Waals surface area contributed by atoms with Crippen LogP contribution in [0.25, 0.3) is 33.4 Å². The van der Waals surface area contributed by atoms with Crippen LogP contribution in [0.3, 0.4) is 0 Å². The quantitative estimate of drug-likeness (QED) is 0.377. The Morgan fingerprint density at radius 2 is 1.30 bits per heavy atom. The van der Waals surface area contributed by atoms with Gasteiger partial charge in [0, 0.05) is 11.1 Å². The molecule has 30 heavy (non-hydrogen) atoms. The minimum atomic E-state index is -0.535. The summed E-state index contributed by atoms with van der Waals surface area (Å²) >= 11 is 0. The zero-order valence-corrected chi connectivity index (χ0v) is 17.0. The molecular weight excluding hydrogens is 368 g/mol. The Morgan fingerprint density at radius 1 is 0.700 bits per heavy atom. The van der Waals surface area contributed by atoms with E-state index in [1.807, 2.05) is 18.2 Å². The smallest absolute Gasteiger partial charge is 0.135 e. The number of hydrogen-bond acceptors (Lipinski definition) is 2. The highest BCUT2D eigenvalue weighted by Gasteiger charge is 2.23. The van der Waals surface area contributed by atoms with Crippen LogP contribution in [0.5, 0.6) is 5.75 Å². The molecule has 1 unspecified atom stereocenters. The van der Waals surface area contributed by atoms with Gasteiger partial charge in [0.1, 0.15) is 12.4 Å². The molecule has 2 heteroatoms. The van der Waals surface area contributed by atoms with E-state index >= 15 is 0 Å². The molecule has 0 aliphatic heterocycles. The van der Waals surface area contributed by atoms with Gasteiger partial charge in [-0.05, 0) is 46.7 Å². The van der Waals surface area contributed by atoms with Gasteiger partial charge in [-0.25, -0.2) is 0 Å². The van der Waals surface area contributed by atoms with Crippen molar-refractivity contribution in [2.24, 2.45) is 0 Å². The molecule has 0 heterocycles. The average molecular weight is 392 g/mol. The van der Waals surface area contributed by atoms with Gasteiger partial charge >= 0.3 is 0 Å². The van der Waals surface area contributed by atoms with Gasteiger partial charge < -0.3 is 9.84 Å². The summed E-state index contributed by atoms with van der Waals surface area (Å²) in [5.74, 6) is 0.828. The lowest BCUT2D eigenvalue weighted by molar-refractivity contribution is 0.123. The largest absolute Gasteiger partial charge is 0.490 e. The number of aliphatic hydroxyl groups excluding tert-OH is 1. The second kappa shape index (κ2) is 7.81. The summed E-state index contributed by atoms with van der Waals surface area (Å²) in [6.45, 7) is 2.01. The number of hydrogen-bond donors (Lipinski definition) is 1. The van der Waals surface area contributed by atoms with Gasteiger partial charge in [0.2, 0.25) is 0 Å². The van der Waals surface area contributed by atoms with Gasteiger partial charge in [-0.3, -0.25) is 0 Å². The highest BCUT2D eigenvalue weighted by atomic mass is 16.5. The van der Waals surface area contributed by atoms with Gasteiger partial charge in [0.05, 0.1) is 6.10 Å². The molecular formula is C28H24O2. The second-order valence-electron chi connectivity index (χ2n) is 7.87. The van der Waals surface area contributed by atoms with Crippen LogP contribution in [-0.4, -0.2) is 17.8 Å². The summed E-state index contributed by atoms with van der Waals surface area (Å²) in [5.41, 5.74) is 9.74. The fourth-order valence-electron chi connectivity index (χ4n) is 4.36. The van der Waals surface area contributed by atoms with E-state index in [-0.39, 0.29) is 6.61 Å². The fraction of sp³-hybridized carbons (Fsp3) is 0.143. The number of para-hydroxylation sites is 1. The highest BCUT2D eigenvalue weighted by Crippen LogP contribution is 2.46. The molecule has 2 nitrogen and oxygen atoms in total. The Bertz CT molecular complexity index is 1190. The van der Waals surface area contributed by atoms with E-state index in [9.17, 15) is 5.11 Å². The Balaban J connectivity index is 1.69. The molecule has 5 rings (SSSR count). The van der Waals surface area contributed by atoms with Crippen molar-refractivity contribution in [1.29, 1.82) is 0 Å². The summed E-state index contributed by atoms with van der Waals surface area (Å²) in [6.07, 6.45) is 0.389. The predicted molar refractivity (Wildman–Crippen MR) is 123 cm³/mol. The summed E-state index contributed by atoms with van der Waals surface area (Å²) in [4.78, 5) is 0. The first kappa shape index (κ1) is 18.7. The van der Waals surface area contributed by atoms with Crippen LogP contribution in [0.4, 0.5) is 0 Å². The molecule has 0 radical (unpaired) electrons. The minimum absolute atomic E-state index is 0.256. The van der Waals surface area contributed by atoms with E-state index in [2.05, 4.69) is 72.8 Å². The van der Waals surface area contributed by atoms with Gasteiger partial charge in [-0.15, -0.1) is 0 Å². The molecule has 1 aliphatic rings. The zero-order chi connectivity index (χ0) is 20.5. The third-order valence-corrected chi connectivity index (χ3v) is 5.71. The number of benzene rings is 4. The molecule has 4 aromatic rings. The fourth-order valence-corrected chi connectivity index (χ4v) is 4.36. The predicted octanol–water partition coefficient (Wildman–Crippen LogP) is 6.35. The maximum atomic E-state index is 9.88. The normalized spacial score (nSPS) is 12.9. The molecule has 0 saturated carbocycles. The van der Waals surface area contributed by atoms with Crippen molar-refractivity contribution in [3.05, 3.63) is 102 Å². The van der Waals surface area contributed by atoms with Crippen molar-refractivity contribution >= 4 is 0 Å². The molecule has 0 spiro atoms. The zero-order valence-electron chi connectivity index (χ0n) is 17.0. The average Bonchev–Trinajstić information content (AvgIpc) is 3.17. The van der Waals surface area contributed by atoms with Crippen LogP contribution in [-0.2, 0) is 6.42 Å². The van der Waals surface area contributed by atoms with Crippen LogP contribution < -0.4 is 4.74 Å². The van der Waals surface area contributed by atoms with Gasteiger partial charge in [0.15, 0.2) is 0 Å². The third kappa shape index (κ3) is 3.30. The van der Waals surface area contributed by atoms with E-state index in [1.54, 1.807) is 6.92 Å². The van der Waals surface area contributed by atoms with Crippen LogP contribution in [0.2, 0.25) is 0 Å². The third-order valence-electron chi connectivity index (χ3n) is 5.71. The summed E-state index contributed by atoms with van der Waals surface area (Å²) in [5, 5.41) is 9.88. The van der Waals surface area contributed by atoms with Gasteiger partial charge in [-0.1, -0.05) is 91.0 Å². The number of fused-ring (bicyclic) bond motifs is 3. The molecule has 0 saturated heterocycles. The lowest BCUT2D eigenvalue weighted by atomic mass is 9.92. The Morgan fingerprint density at radius 3 is 2.07 bits per heavy atom. The van der Waals surface area contributed by atoms with E-state index in [4.69, 9.17) is 4.74 Å². The molecule has 1 N–H and O–H groups in total. The second-order valence-corrected chi connectivity index (χ2v) is 7.87. The first-order chi connectivity index (χ1) is 14.7. The van der Waals surface area contributed by atoms with Crippen molar-refractivity contribution in [2.45, 2.75) is 19.4 Å². The first-order valence-corrected chi connectivity index (χ1v) is 10.4. The molecule has 1 atom stereocenters. The Hall–Kier alpha value is -3.36. The number of rotatable bonds is 5. The molecule has 4 aromatic carbocycles. The van der Waals surface area contributed by atoms with E-state index in [0.717, 1.165) is 28.9 Å². The monoisotopic (exact) mass is 392 g/mol. The van der Waals surface area contributed by atoms with E-state index in [0.29, 0.717) is 0 Å². The van der Waals surface area contributed by atoms with Crippen LogP contribution in [0.15, 0.2) is 91.0 Å². The lowest BCUT2D eigenvalue weighted by Gasteiger charge is -2.19. The highest BCUT2D eigenvalue weighted by molar-refractivity contribution is 5.89. The molecule has 1 aliphatic carbocycles.